The molecule has 0 radical (unpaired) electrons. The monoisotopic (exact) mass is 327 g/mol. The second-order valence-electron chi connectivity index (χ2n) is 2.56. The first-order valence-electron chi connectivity index (χ1n) is 3.80. The van der Waals surface area contributed by atoms with Crippen molar-refractivity contribution < 1.29 is 4.79 Å². The van der Waals surface area contributed by atoms with E-state index in [1.54, 1.807) is 12.3 Å². The molecule has 0 aliphatic heterocycles. The number of carbonyl (C=O) groups excluding carboxylic acids is 1. The molecule has 0 aromatic carbocycles. The van der Waals surface area contributed by atoms with Crippen LogP contribution in [0.4, 0.5) is 0 Å². The van der Waals surface area contributed by atoms with Crippen molar-refractivity contribution >= 4 is 56.5 Å². The summed E-state index contributed by atoms with van der Waals surface area (Å²) in [5.41, 5.74) is 0.904. The number of hydrogen-bond donors (Lipinski definition) is 1. The Morgan fingerprint density at radius 2 is 2.20 bits per heavy atom. The predicted molar refractivity (Wildman–Crippen MR) is 66.1 cm³/mol. The molecule has 0 aliphatic rings. The van der Waals surface area contributed by atoms with Crippen LogP contribution in [-0.2, 0) is 0 Å². The van der Waals surface area contributed by atoms with Gasteiger partial charge in [-0.15, -0.1) is 0 Å². The van der Waals surface area contributed by atoms with E-state index in [2.05, 4.69) is 32.8 Å². The summed E-state index contributed by atoms with van der Waals surface area (Å²) in [5.74, 6) is 5.01. The third kappa shape index (κ3) is 3.73. The molecule has 0 amide bonds. The molecule has 1 rings (SSSR count). The molecule has 0 atom stereocenters. The fourth-order valence-corrected chi connectivity index (χ4v) is 1.33. The van der Waals surface area contributed by atoms with Gasteiger partial charge in [0, 0.05) is 11.8 Å². The van der Waals surface area contributed by atoms with E-state index in [0.29, 0.717) is 10.9 Å². The van der Waals surface area contributed by atoms with Crippen molar-refractivity contribution in [1.82, 2.24) is 4.98 Å². The maximum Gasteiger partial charge on any atom is 0.254 e. The number of alkyl halides is 4. The van der Waals surface area contributed by atoms with Crippen molar-refractivity contribution in [2.24, 2.45) is 0 Å². The van der Waals surface area contributed by atoms with Gasteiger partial charge < -0.3 is 4.98 Å². The fraction of sp³-hybridized carbons (Fsp3) is 0.222. The molecule has 1 aromatic heterocycles. The van der Waals surface area contributed by atoms with Gasteiger partial charge in [-0.1, -0.05) is 62.6 Å². The van der Waals surface area contributed by atoms with Crippen LogP contribution in [0.25, 0.3) is 0 Å². The van der Waals surface area contributed by atoms with Crippen LogP contribution in [0, 0.1) is 11.8 Å². The zero-order valence-electron chi connectivity index (χ0n) is 7.28. The normalized spacial score (nSPS) is 10.7. The number of nitrogens with one attached hydrogen (secondary N) is 1. The number of aromatic amines is 1. The maximum atomic E-state index is 11.5. The van der Waals surface area contributed by atoms with E-state index in [1.807, 2.05) is 0 Å². The lowest BCUT2D eigenvalue weighted by atomic mass is 10.2. The maximum absolute atomic E-state index is 11.5. The second-order valence-corrected chi connectivity index (χ2v) is 5.41. The van der Waals surface area contributed by atoms with Gasteiger partial charge in [0.2, 0.25) is 5.78 Å². The summed E-state index contributed by atoms with van der Waals surface area (Å²) in [7, 11) is 0. The third-order valence-electron chi connectivity index (χ3n) is 1.48. The zero-order valence-corrected chi connectivity index (χ0v) is 11.1. The first-order chi connectivity index (χ1) is 6.95. The van der Waals surface area contributed by atoms with Gasteiger partial charge in [0.25, 0.3) is 3.79 Å². The largest absolute Gasteiger partial charge is 0.357 e. The molecule has 1 heterocycles. The van der Waals surface area contributed by atoms with Crippen LogP contribution in [0.2, 0.25) is 0 Å². The Balaban J connectivity index is 2.90. The average molecular weight is 329 g/mol. The van der Waals surface area contributed by atoms with Crippen molar-refractivity contribution in [2.45, 2.75) is 3.79 Å². The smallest absolute Gasteiger partial charge is 0.254 e. The summed E-state index contributed by atoms with van der Waals surface area (Å²) in [5, 5.41) is 0.561. The van der Waals surface area contributed by atoms with Crippen molar-refractivity contribution in [3.63, 3.8) is 0 Å². The molecule has 1 N–H and O–H groups in total. The molecule has 1 aromatic rings. The van der Waals surface area contributed by atoms with Gasteiger partial charge in [-0.25, -0.2) is 0 Å². The van der Waals surface area contributed by atoms with Crippen LogP contribution in [-0.4, -0.2) is 19.9 Å². The van der Waals surface area contributed by atoms with Crippen molar-refractivity contribution in [2.75, 3.05) is 5.33 Å². The topological polar surface area (TPSA) is 32.9 Å². The second kappa shape index (κ2) is 5.27. The van der Waals surface area contributed by atoms with Gasteiger partial charge in [0.15, 0.2) is 0 Å². The highest BCUT2D eigenvalue weighted by atomic mass is 79.9. The molecular weight excluding hydrogens is 324 g/mol. The van der Waals surface area contributed by atoms with E-state index >= 15 is 0 Å². The predicted octanol–water partition coefficient (Wildman–Crippen LogP) is 3.31. The molecule has 0 unspecified atom stereocenters. The summed E-state index contributed by atoms with van der Waals surface area (Å²) in [6.45, 7) is 0. The number of ketones is 1. The zero-order chi connectivity index (χ0) is 11.5. The minimum absolute atomic E-state index is 0.230. The van der Waals surface area contributed by atoms with Gasteiger partial charge in [0.1, 0.15) is 0 Å². The minimum Gasteiger partial charge on any atom is -0.357 e. The number of hydrogen-bond acceptors (Lipinski definition) is 1. The first-order valence-corrected chi connectivity index (χ1v) is 6.05. The lowest BCUT2D eigenvalue weighted by Gasteiger charge is -2.06. The molecule has 0 aliphatic carbocycles. The average Bonchev–Trinajstić information content (AvgIpc) is 2.60. The number of Topliss-reactive ketones (excluding diaryl/α,β-unsaturated/α-hetero) is 1. The van der Waals surface area contributed by atoms with E-state index in [0.717, 1.165) is 0 Å². The van der Waals surface area contributed by atoms with Gasteiger partial charge >= 0.3 is 0 Å². The molecular formula is C9H5BrCl3NO. The quantitative estimate of drug-likeness (QED) is 0.478. The Kier molecular flexibility index (Phi) is 4.54. The van der Waals surface area contributed by atoms with E-state index < -0.39 is 9.58 Å². The summed E-state index contributed by atoms with van der Waals surface area (Å²) in [6, 6.07) is 1.54. The van der Waals surface area contributed by atoms with Crippen LogP contribution < -0.4 is 0 Å². The molecule has 0 spiro atoms. The van der Waals surface area contributed by atoms with Gasteiger partial charge in [-0.05, 0) is 6.07 Å². The molecule has 0 saturated carbocycles. The number of rotatable bonds is 1. The van der Waals surface area contributed by atoms with Crippen LogP contribution in [0.1, 0.15) is 16.1 Å². The number of aromatic nitrogens is 1. The Morgan fingerprint density at radius 3 is 2.73 bits per heavy atom. The van der Waals surface area contributed by atoms with Crippen LogP contribution in [0.15, 0.2) is 12.3 Å². The lowest BCUT2D eigenvalue weighted by molar-refractivity contribution is 0.0992. The molecule has 6 heteroatoms. The van der Waals surface area contributed by atoms with Crippen molar-refractivity contribution in [3.05, 3.63) is 23.5 Å². The van der Waals surface area contributed by atoms with Crippen LogP contribution in [0.5, 0.6) is 0 Å². The van der Waals surface area contributed by atoms with Crippen LogP contribution >= 0.6 is 50.7 Å². The Labute approximate surface area is 110 Å². The minimum atomic E-state index is -1.94. The first kappa shape index (κ1) is 12.9. The molecule has 2 nitrogen and oxygen atoms in total. The highest BCUT2D eigenvalue weighted by Crippen LogP contribution is 2.30. The summed E-state index contributed by atoms with van der Waals surface area (Å²) in [4.78, 5) is 14.2. The molecule has 0 bridgehead atoms. The van der Waals surface area contributed by atoms with E-state index in [9.17, 15) is 4.79 Å². The van der Waals surface area contributed by atoms with E-state index in [4.69, 9.17) is 34.8 Å². The van der Waals surface area contributed by atoms with Crippen LogP contribution in [0.3, 0.4) is 0 Å². The molecule has 80 valence electrons. The van der Waals surface area contributed by atoms with Gasteiger partial charge in [-0.2, -0.15) is 0 Å². The highest BCUT2D eigenvalue weighted by Gasteiger charge is 2.32. The Morgan fingerprint density at radius 1 is 1.53 bits per heavy atom. The van der Waals surface area contributed by atoms with Gasteiger partial charge in [-0.3, -0.25) is 4.79 Å². The highest BCUT2D eigenvalue weighted by molar-refractivity contribution is 9.09. The third-order valence-corrected chi connectivity index (χ3v) is 2.28. The lowest BCUT2D eigenvalue weighted by Crippen LogP contribution is -2.19. The Hall–Kier alpha value is -0.140. The summed E-state index contributed by atoms with van der Waals surface area (Å²) < 4.78 is -1.94. The molecule has 0 saturated heterocycles. The van der Waals surface area contributed by atoms with E-state index in [-0.39, 0.29) is 5.69 Å². The molecule has 0 fully saturated rings. The number of carbonyl (C=O) groups is 1. The van der Waals surface area contributed by atoms with Crippen molar-refractivity contribution in [3.8, 4) is 11.8 Å². The summed E-state index contributed by atoms with van der Waals surface area (Å²) in [6.07, 6.45) is 1.58. The van der Waals surface area contributed by atoms with Crippen molar-refractivity contribution in [1.29, 1.82) is 0 Å². The number of H-pyrrole nitrogens is 1. The molecule has 15 heavy (non-hydrogen) atoms. The van der Waals surface area contributed by atoms with Gasteiger partial charge in [0.05, 0.1) is 11.0 Å². The van der Waals surface area contributed by atoms with E-state index in [1.165, 1.54) is 0 Å². The standard InChI is InChI=1S/C9H5BrCl3NO/c10-3-1-2-6-4-7(14-5-6)8(15)9(11,12)13/h4-5,14H,3H2. The SMILES string of the molecule is O=C(c1cc(C#CCBr)c[nH]1)C(Cl)(Cl)Cl. The summed E-state index contributed by atoms with van der Waals surface area (Å²) >= 11 is 19.5. The number of halogens is 4. The fourth-order valence-electron chi connectivity index (χ4n) is 0.886. The Bertz CT molecular complexity index is 425.